The molecule has 0 bridgehead atoms. The van der Waals surface area contributed by atoms with E-state index in [1.807, 2.05) is 31.2 Å². The fourth-order valence-corrected chi connectivity index (χ4v) is 3.23. The number of fused-ring (bicyclic) bond motifs is 1. The van der Waals surface area contributed by atoms with Crippen molar-refractivity contribution in [1.29, 1.82) is 0 Å². The molecule has 1 aromatic carbocycles. The van der Waals surface area contributed by atoms with Crippen LogP contribution >= 0.6 is 0 Å². The molecule has 0 aliphatic heterocycles. The third-order valence-electron chi connectivity index (χ3n) is 5.19. The number of aromatic nitrogens is 6. The first-order chi connectivity index (χ1) is 17.0. The molecule has 0 spiro atoms. The van der Waals surface area contributed by atoms with Crippen LogP contribution in [0.1, 0.15) is 12.0 Å². The zero-order valence-corrected chi connectivity index (χ0v) is 19.6. The Hall–Kier alpha value is -4.48. The largest absolute Gasteiger partial charge is 0.492 e. The van der Waals surface area contributed by atoms with Gasteiger partial charge in [-0.05, 0) is 25.1 Å². The number of carbonyl (C=O) groups excluding carboxylic acids is 2. The first-order valence-corrected chi connectivity index (χ1v) is 11.1. The smallest absolute Gasteiger partial charge is 0.254 e. The highest BCUT2D eigenvalue weighted by molar-refractivity contribution is 5.90. The van der Waals surface area contributed by atoms with Crippen LogP contribution in [0.5, 0.6) is 5.75 Å². The molecule has 182 valence electrons. The number of hydrogen-bond acceptors (Lipinski definition) is 8. The van der Waals surface area contributed by atoms with Crippen LogP contribution in [0.15, 0.2) is 55.2 Å². The minimum Gasteiger partial charge on any atom is -0.492 e. The van der Waals surface area contributed by atoms with E-state index in [0.717, 1.165) is 11.3 Å². The number of nitrogens with zero attached hydrogens (tertiary/aromatic N) is 7. The maximum Gasteiger partial charge on any atom is 0.254 e. The predicted octanol–water partition coefficient (Wildman–Crippen LogP) is 1.61. The van der Waals surface area contributed by atoms with Gasteiger partial charge in [0, 0.05) is 32.4 Å². The molecule has 12 heteroatoms. The molecule has 3 heterocycles. The molecule has 4 rings (SSSR count). The number of aryl methyl sites for hydroxylation is 1. The molecule has 0 saturated heterocycles. The second-order valence-electron chi connectivity index (χ2n) is 7.93. The van der Waals surface area contributed by atoms with Crippen LogP contribution in [0.2, 0.25) is 0 Å². The van der Waals surface area contributed by atoms with Crippen molar-refractivity contribution in [2.24, 2.45) is 0 Å². The highest BCUT2D eigenvalue weighted by Crippen LogP contribution is 2.11. The van der Waals surface area contributed by atoms with E-state index in [9.17, 15) is 9.59 Å². The third kappa shape index (κ3) is 6.53. The highest BCUT2D eigenvalue weighted by Gasteiger charge is 2.12. The van der Waals surface area contributed by atoms with E-state index in [0.29, 0.717) is 37.0 Å². The van der Waals surface area contributed by atoms with Gasteiger partial charge in [-0.2, -0.15) is 19.7 Å². The topological polar surface area (TPSA) is 132 Å². The predicted molar refractivity (Wildman–Crippen MR) is 129 cm³/mol. The van der Waals surface area contributed by atoms with Crippen molar-refractivity contribution in [3.63, 3.8) is 0 Å². The van der Waals surface area contributed by atoms with E-state index in [1.54, 1.807) is 34.9 Å². The summed E-state index contributed by atoms with van der Waals surface area (Å²) >= 11 is 0. The summed E-state index contributed by atoms with van der Waals surface area (Å²) in [5.41, 5.74) is 1.69. The molecule has 0 saturated carbocycles. The van der Waals surface area contributed by atoms with Crippen LogP contribution < -0.4 is 15.4 Å². The van der Waals surface area contributed by atoms with Crippen molar-refractivity contribution in [3.05, 3.63) is 60.8 Å². The van der Waals surface area contributed by atoms with Crippen LogP contribution in [0.25, 0.3) is 5.78 Å². The van der Waals surface area contributed by atoms with Crippen molar-refractivity contribution in [2.75, 3.05) is 37.4 Å². The molecule has 0 radical (unpaired) electrons. The molecular formula is C23H27N9O3. The van der Waals surface area contributed by atoms with Gasteiger partial charge < -0.3 is 20.3 Å². The van der Waals surface area contributed by atoms with Crippen LogP contribution in [0, 0.1) is 6.92 Å². The van der Waals surface area contributed by atoms with Crippen molar-refractivity contribution in [2.45, 2.75) is 19.9 Å². The Morgan fingerprint density at radius 1 is 1.11 bits per heavy atom. The Kier molecular flexibility index (Phi) is 7.50. The number of anilines is 2. The van der Waals surface area contributed by atoms with E-state index >= 15 is 0 Å². The number of nitrogens with one attached hydrogen (secondary N) is 2. The maximum absolute atomic E-state index is 12.5. The number of carbonyl (C=O) groups is 2. The summed E-state index contributed by atoms with van der Waals surface area (Å²) in [6.45, 7) is 3.31. The molecule has 2 N–H and O–H groups in total. The van der Waals surface area contributed by atoms with Crippen molar-refractivity contribution in [1.82, 2.24) is 34.3 Å². The van der Waals surface area contributed by atoms with Crippen LogP contribution in [-0.4, -0.2) is 72.8 Å². The Labute approximate surface area is 201 Å². The maximum atomic E-state index is 12.5. The Morgan fingerprint density at radius 3 is 2.77 bits per heavy atom. The fraction of sp³-hybridized carbons (Fsp3) is 0.304. The Bertz CT molecular complexity index is 1280. The van der Waals surface area contributed by atoms with E-state index in [4.69, 9.17) is 4.74 Å². The minimum absolute atomic E-state index is 0.0639. The van der Waals surface area contributed by atoms with Crippen LogP contribution in [0.4, 0.5) is 11.5 Å². The Balaban J connectivity index is 1.17. The first-order valence-electron chi connectivity index (χ1n) is 11.1. The quantitative estimate of drug-likeness (QED) is 0.333. The van der Waals surface area contributed by atoms with Gasteiger partial charge in [0.15, 0.2) is 0 Å². The standard InChI is InChI=1S/C23H27N9O3/c1-17-3-5-19(6-4-17)35-12-11-30(2)22(34)15-31-14-18(13-27-31)29-21(33)8-10-24-20-7-9-25-23-26-16-28-32(20)23/h3-7,9,13-14,16,24H,8,10-12,15H2,1-2H3,(H,29,33). The molecule has 4 aromatic rings. The van der Waals surface area contributed by atoms with Gasteiger partial charge in [0.1, 0.15) is 31.0 Å². The first kappa shape index (κ1) is 23.7. The molecule has 0 aliphatic rings. The lowest BCUT2D eigenvalue weighted by atomic mass is 10.2. The van der Waals surface area contributed by atoms with E-state index < -0.39 is 0 Å². The second-order valence-corrected chi connectivity index (χ2v) is 7.93. The van der Waals surface area contributed by atoms with Crippen molar-refractivity contribution < 1.29 is 14.3 Å². The average molecular weight is 478 g/mol. The molecular weight excluding hydrogens is 450 g/mol. The molecule has 3 aromatic heterocycles. The van der Waals surface area contributed by atoms with Crippen molar-refractivity contribution in [3.8, 4) is 5.75 Å². The number of amides is 2. The molecule has 0 atom stereocenters. The second kappa shape index (κ2) is 11.1. The monoisotopic (exact) mass is 477 g/mol. The van der Waals surface area contributed by atoms with Gasteiger partial charge in [-0.15, -0.1) is 0 Å². The van der Waals surface area contributed by atoms with Crippen LogP contribution in [0.3, 0.4) is 0 Å². The van der Waals surface area contributed by atoms with E-state index in [2.05, 4.69) is 30.8 Å². The van der Waals surface area contributed by atoms with E-state index in [1.165, 1.54) is 17.2 Å². The van der Waals surface area contributed by atoms with Gasteiger partial charge in [-0.25, -0.2) is 4.98 Å². The lowest BCUT2D eigenvalue weighted by Gasteiger charge is -2.17. The van der Waals surface area contributed by atoms with Gasteiger partial charge >= 0.3 is 0 Å². The average Bonchev–Trinajstić information content (AvgIpc) is 3.50. The summed E-state index contributed by atoms with van der Waals surface area (Å²) in [6, 6.07) is 9.52. The summed E-state index contributed by atoms with van der Waals surface area (Å²) in [5.74, 6) is 1.65. The zero-order valence-electron chi connectivity index (χ0n) is 19.6. The summed E-state index contributed by atoms with van der Waals surface area (Å²) in [4.78, 5) is 34.5. The summed E-state index contributed by atoms with van der Waals surface area (Å²) < 4.78 is 8.73. The number of rotatable bonds is 11. The minimum atomic E-state index is -0.183. The Morgan fingerprint density at radius 2 is 1.94 bits per heavy atom. The molecule has 35 heavy (non-hydrogen) atoms. The van der Waals surface area contributed by atoms with E-state index in [-0.39, 0.29) is 24.8 Å². The molecule has 0 fully saturated rings. The summed E-state index contributed by atoms with van der Waals surface area (Å²) in [5, 5.41) is 14.2. The molecule has 12 nitrogen and oxygen atoms in total. The normalized spacial score (nSPS) is 10.8. The van der Waals surface area contributed by atoms with Gasteiger partial charge in [0.05, 0.1) is 18.4 Å². The number of benzene rings is 1. The molecule has 2 amide bonds. The van der Waals surface area contributed by atoms with Gasteiger partial charge in [-0.3, -0.25) is 14.3 Å². The van der Waals surface area contributed by atoms with Gasteiger partial charge in [0.2, 0.25) is 11.8 Å². The SMILES string of the molecule is Cc1ccc(OCCN(C)C(=O)Cn2cc(NC(=O)CCNc3ccnc4ncnn34)cn2)cc1. The van der Waals surface area contributed by atoms with Crippen molar-refractivity contribution >= 4 is 29.1 Å². The third-order valence-corrected chi connectivity index (χ3v) is 5.19. The highest BCUT2D eigenvalue weighted by atomic mass is 16.5. The summed E-state index contributed by atoms with van der Waals surface area (Å²) in [7, 11) is 1.72. The van der Waals surface area contributed by atoms with Gasteiger partial charge in [-0.1, -0.05) is 17.7 Å². The zero-order chi connectivity index (χ0) is 24.6. The lowest BCUT2D eigenvalue weighted by molar-refractivity contribution is -0.131. The number of likely N-dealkylation sites (N-methyl/N-ethyl adjacent to an activating group) is 1. The lowest BCUT2D eigenvalue weighted by Crippen LogP contribution is -2.33. The number of hydrogen-bond donors (Lipinski definition) is 2. The molecule has 0 aliphatic carbocycles. The number of ether oxygens (including phenoxy) is 1. The fourth-order valence-electron chi connectivity index (χ4n) is 3.23. The molecule has 0 unspecified atom stereocenters. The van der Waals surface area contributed by atoms with Crippen LogP contribution in [-0.2, 0) is 16.1 Å². The van der Waals surface area contributed by atoms with Gasteiger partial charge in [0.25, 0.3) is 5.78 Å². The summed E-state index contributed by atoms with van der Waals surface area (Å²) in [6.07, 6.45) is 6.41.